The molecular formula is C30H38O3. The Morgan fingerprint density at radius 1 is 1.06 bits per heavy atom. The first-order chi connectivity index (χ1) is 15.7. The van der Waals surface area contributed by atoms with Gasteiger partial charge in [0, 0.05) is 12.5 Å². The van der Waals surface area contributed by atoms with Crippen LogP contribution in [0.5, 0.6) is 0 Å². The largest absolute Gasteiger partial charge is 0.390 e. The van der Waals surface area contributed by atoms with Gasteiger partial charge in [-0.2, -0.15) is 0 Å². The minimum Gasteiger partial charge on any atom is -0.390 e. The van der Waals surface area contributed by atoms with Crippen LogP contribution in [0.15, 0.2) is 89.1 Å². The topological polar surface area (TPSA) is 43.4 Å². The number of benzene rings is 1. The van der Waals surface area contributed by atoms with Gasteiger partial charge in [0.15, 0.2) is 0 Å². The predicted octanol–water partition coefficient (Wildman–Crippen LogP) is 7.61. The van der Waals surface area contributed by atoms with E-state index in [1.165, 1.54) is 42.0 Å². The van der Waals surface area contributed by atoms with Crippen molar-refractivity contribution in [3.8, 4) is 0 Å². The molecule has 1 aromatic carbocycles. The van der Waals surface area contributed by atoms with Crippen molar-refractivity contribution in [3.63, 3.8) is 0 Å². The van der Waals surface area contributed by atoms with Crippen molar-refractivity contribution in [2.24, 2.45) is 5.41 Å². The first-order valence-corrected chi connectivity index (χ1v) is 11.9. The maximum absolute atomic E-state index is 12.0. The molecule has 3 nitrogen and oxygen atoms in total. The van der Waals surface area contributed by atoms with Crippen molar-refractivity contribution in [3.05, 3.63) is 94.6 Å². The summed E-state index contributed by atoms with van der Waals surface area (Å²) in [5, 5.41) is 0. The quantitative estimate of drug-likeness (QED) is 0.170. The molecule has 1 aliphatic carbocycles. The van der Waals surface area contributed by atoms with Crippen LogP contribution in [0.2, 0.25) is 0 Å². The summed E-state index contributed by atoms with van der Waals surface area (Å²) >= 11 is 0. The SMILES string of the molecule is CC1=C(/C=C/C(C)=C/C=C/C(C)=C/C(=O)OC(=O)CCCc2ccccc2)C(C)(C)CCC1. The zero-order valence-electron chi connectivity index (χ0n) is 20.8. The highest BCUT2D eigenvalue weighted by Crippen LogP contribution is 2.40. The van der Waals surface area contributed by atoms with Gasteiger partial charge in [-0.05, 0) is 75.0 Å². The van der Waals surface area contributed by atoms with Gasteiger partial charge in [0.25, 0.3) is 0 Å². The summed E-state index contributed by atoms with van der Waals surface area (Å²) in [7, 11) is 0. The molecule has 0 saturated carbocycles. The molecular weight excluding hydrogens is 408 g/mol. The molecule has 0 spiro atoms. The van der Waals surface area contributed by atoms with E-state index in [-0.39, 0.29) is 11.8 Å². The zero-order valence-corrected chi connectivity index (χ0v) is 20.8. The Hall–Kier alpha value is -2.94. The first kappa shape index (κ1) is 26.3. The average Bonchev–Trinajstić information content (AvgIpc) is 2.73. The number of carbonyl (C=O) groups excluding carboxylic acids is 2. The Kier molecular flexibility index (Phi) is 10.3. The summed E-state index contributed by atoms with van der Waals surface area (Å²) in [5.74, 6) is -1.11. The second-order valence-electron chi connectivity index (χ2n) is 9.56. The molecule has 3 heteroatoms. The van der Waals surface area contributed by atoms with Gasteiger partial charge in [-0.15, -0.1) is 0 Å². The van der Waals surface area contributed by atoms with Crippen LogP contribution in [0.4, 0.5) is 0 Å². The number of hydrogen-bond acceptors (Lipinski definition) is 3. The second-order valence-corrected chi connectivity index (χ2v) is 9.56. The Bertz CT molecular complexity index is 969. The number of ether oxygens (including phenoxy) is 1. The van der Waals surface area contributed by atoms with E-state index < -0.39 is 11.9 Å². The summed E-state index contributed by atoms with van der Waals surface area (Å²) in [6, 6.07) is 9.96. The van der Waals surface area contributed by atoms with Crippen molar-refractivity contribution in [1.29, 1.82) is 0 Å². The molecule has 0 N–H and O–H groups in total. The number of rotatable bonds is 9. The van der Waals surface area contributed by atoms with Crippen LogP contribution >= 0.6 is 0 Å². The molecule has 2 rings (SSSR count). The first-order valence-electron chi connectivity index (χ1n) is 11.9. The van der Waals surface area contributed by atoms with E-state index in [2.05, 4.69) is 39.8 Å². The maximum Gasteiger partial charge on any atom is 0.338 e. The summed E-state index contributed by atoms with van der Waals surface area (Å²) in [5.41, 5.74) is 6.20. The Balaban J connectivity index is 1.81. The van der Waals surface area contributed by atoms with E-state index in [0.29, 0.717) is 6.42 Å². The molecule has 1 aromatic rings. The lowest BCUT2D eigenvalue weighted by Crippen LogP contribution is -2.19. The number of aryl methyl sites for hydroxylation is 1. The van der Waals surface area contributed by atoms with Crippen LogP contribution < -0.4 is 0 Å². The van der Waals surface area contributed by atoms with Gasteiger partial charge in [0.1, 0.15) is 0 Å². The predicted molar refractivity (Wildman–Crippen MR) is 137 cm³/mol. The number of allylic oxidation sites excluding steroid dienone is 9. The van der Waals surface area contributed by atoms with Gasteiger partial charge in [0.05, 0.1) is 0 Å². The molecule has 0 aliphatic heterocycles. The van der Waals surface area contributed by atoms with Gasteiger partial charge in [-0.3, -0.25) is 4.79 Å². The third-order valence-corrected chi connectivity index (χ3v) is 6.02. The van der Waals surface area contributed by atoms with Crippen LogP contribution in [-0.2, 0) is 20.7 Å². The van der Waals surface area contributed by atoms with E-state index >= 15 is 0 Å². The van der Waals surface area contributed by atoms with Crippen LogP contribution in [0.25, 0.3) is 0 Å². The van der Waals surface area contributed by atoms with Crippen molar-refractivity contribution < 1.29 is 14.3 Å². The highest BCUT2D eigenvalue weighted by atomic mass is 16.6. The van der Waals surface area contributed by atoms with Crippen molar-refractivity contribution >= 4 is 11.9 Å². The molecule has 0 radical (unpaired) electrons. The number of esters is 2. The lowest BCUT2D eigenvalue weighted by Gasteiger charge is -2.32. The zero-order chi connectivity index (χ0) is 24.3. The molecule has 0 amide bonds. The van der Waals surface area contributed by atoms with Gasteiger partial charge in [-0.25, -0.2) is 4.79 Å². The van der Waals surface area contributed by atoms with Crippen molar-refractivity contribution in [1.82, 2.24) is 0 Å². The minimum atomic E-state index is -0.621. The lowest BCUT2D eigenvalue weighted by atomic mass is 9.72. The average molecular weight is 447 g/mol. The molecule has 0 atom stereocenters. The number of carbonyl (C=O) groups is 2. The van der Waals surface area contributed by atoms with Crippen molar-refractivity contribution in [2.45, 2.75) is 73.1 Å². The van der Waals surface area contributed by atoms with Crippen LogP contribution in [0.3, 0.4) is 0 Å². The fourth-order valence-corrected chi connectivity index (χ4v) is 4.14. The fraction of sp³-hybridized carbons (Fsp3) is 0.400. The van der Waals surface area contributed by atoms with E-state index in [4.69, 9.17) is 4.74 Å². The van der Waals surface area contributed by atoms with E-state index in [0.717, 1.165) is 17.6 Å². The highest BCUT2D eigenvalue weighted by Gasteiger charge is 2.26. The maximum atomic E-state index is 12.0. The van der Waals surface area contributed by atoms with Crippen LogP contribution in [0.1, 0.15) is 72.3 Å². The Labute approximate surface area is 199 Å². The third-order valence-electron chi connectivity index (χ3n) is 6.02. The molecule has 0 unspecified atom stereocenters. The number of hydrogen-bond donors (Lipinski definition) is 0. The van der Waals surface area contributed by atoms with E-state index in [9.17, 15) is 9.59 Å². The van der Waals surface area contributed by atoms with Crippen LogP contribution in [0, 0.1) is 5.41 Å². The lowest BCUT2D eigenvalue weighted by molar-refractivity contribution is -0.156. The van der Waals surface area contributed by atoms with Gasteiger partial charge in [0.2, 0.25) is 0 Å². The molecule has 0 heterocycles. The molecule has 0 bridgehead atoms. The van der Waals surface area contributed by atoms with Crippen LogP contribution in [-0.4, -0.2) is 11.9 Å². The van der Waals surface area contributed by atoms with Crippen molar-refractivity contribution in [2.75, 3.05) is 0 Å². The molecule has 33 heavy (non-hydrogen) atoms. The van der Waals surface area contributed by atoms with Gasteiger partial charge >= 0.3 is 11.9 Å². The Morgan fingerprint density at radius 2 is 1.79 bits per heavy atom. The smallest absolute Gasteiger partial charge is 0.338 e. The van der Waals surface area contributed by atoms with E-state index in [1.54, 1.807) is 0 Å². The Morgan fingerprint density at radius 3 is 2.48 bits per heavy atom. The molecule has 176 valence electrons. The molecule has 1 aliphatic rings. The van der Waals surface area contributed by atoms with Gasteiger partial charge in [-0.1, -0.05) is 85.7 Å². The highest BCUT2D eigenvalue weighted by molar-refractivity contribution is 5.92. The summed E-state index contributed by atoms with van der Waals surface area (Å²) < 4.78 is 4.90. The molecule has 0 aromatic heterocycles. The standard InChI is InChI=1S/C30H38O3/c1-23(19-20-27-25(3)14-11-21-30(27,4)5)12-9-13-24(2)22-29(32)33-28(31)18-10-17-26-15-7-6-8-16-26/h6-9,12-13,15-16,19-20,22H,10-11,14,17-18,21H2,1-5H3/b13-9+,20-19+,23-12+,24-22+. The molecule has 0 fully saturated rings. The summed E-state index contributed by atoms with van der Waals surface area (Å²) in [4.78, 5) is 23.9. The minimum absolute atomic E-state index is 0.227. The van der Waals surface area contributed by atoms with E-state index in [1.807, 2.05) is 55.5 Å². The monoisotopic (exact) mass is 446 g/mol. The second kappa shape index (κ2) is 12.9. The summed E-state index contributed by atoms with van der Waals surface area (Å²) in [6.45, 7) is 10.7. The summed E-state index contributed by atoms with van der Waals surface area (Å²) in [6.07, 6.45) is 16.9. The fourth-order valence-electron chi connectivity index (χ4n) is 4.14. The molecule has 0 saturated heterocycles. The normalized spacial score (nSPS) is 17.1. The third kappa shape index (κ3) is 9.61. The van der Waals surface area contributed by atoms with Gasteiger partial charge < -0.3 is 4.74 Å².